The Labute approximate surface area is 163 Å². The first-order chi connectivity index (χ1) is 13.4. The summed E-state index contributed by atoms with van der Waals surface area (Å²) in [6.07, 6.45) is 4.76. The largest absolute Gasteiger partial charge is 0.494 e. The summed E-state index contributed by atoms with van der Waals surface area (Å²) in [4.78, 5) is 32.5. The van der Waals surface area contributed by atoms with E-state index in [9.17, 15) is 19.8 Å². The average Bonchev–Trinajstić information content (AvgIpc) is 3.14. The van der Waals surface area contributed by atoms with Crippen LogP contribution < -0.4 is 0 Å². The van der Waals surface area contributed by atoms with E-state index in [0.717, 1.165) is 16.9 Å². The fraction of sp³-hybridized carbons (Fsp3) is 0.100. The van der Waals surface area contributed by atoms with Crippen LogP contribution in [-0.2, 0) is 4.79 Å². The Balaban J connectivity index is 1.89. The first-order valence-corrected chi connectivity index (χ1v) is 9.21. The highest BCUT2D eigenvalue weighted by molar-refractivity contribution is 7.19. The van der Waals surface area contributed by atoms with Crippen LogP contribution in [0.5, 0.6) is 11.8 Å². The van der Waals surface area contributed by atoms with Gasteiger partial charge >= 0.3 is 0 Å². The third kappa shape index (κ3) is 2.84. The average molecular weight is 393 g/mol. The lowest BCUT2D eigenvalue weighted by Gasteiger charge is -2.02. The zero-order chi connectivity index (χ0) is 20.0. The molecule has 4 rings (SSSR count). The van der Waals surface area contributed by atoms with Gasteiger partial charge in [-0.15, -0.1) is 0 Å². The standard InChI is InChI=1S/C20H15N3O4S/c1-10-7-8-15(25)13(9-10)21-20-22-18(26)17(28-20)16-12-5-3-4-6-14(12)23(11(2)24)19(16)27/h3-9,26-27H,1-2H3/b21-13-. The Morgan fingerprint density at radius 1 is 1.21 bits per heavy atom. The number of aliphatic imine (C=N–C) groups is 1. The van der Waals surface area contributed by atoms with Gasteiger partial charge in [-0.05, 0) is 30.7 Å². The minimum Gasteiger partial charge on any atom is -0.494 e. The van der Waals surface area contributed by atoms with Crippen molar-refractivity contribution in [2.75, 3.05) is 0 Å². The molecule has 2 N–H and O–H groups in total. The molecule has 2 heterocycles. The number of carbonyl (C=O) groups is 2. The van der Waals surface area contributed by atoms with Crippen LogP contribution in [0.4, 0.5) is 5.13 Å². The Morgan fingerprint density at radius 2 is 1.96 bits per heavy atom. The van der Waals surface area contributed by atoms with Crippen molar-refractivity contribution in [1.29, 1.82) is 0 Å². The lowest BCUT2D eigenvalue weighted by atomic mass is 10.1. The van der Waals surface area contributed by atoms with Crippen LogP contribution in [0.1, 0.15) is 18.6 Å². The summed E-state index contributed by atoms with van der Waals surface area (Å²) in [7, 11) is 0. The number of ketones is 1. The highest BCUT2D eigenvalue weighted by Gasteiger charge is 2.25. The fourth-order valence-corrected chi connectivity index (χ4v) is 4.00. The minimum atomic E-state index is -0.357. The van der Waals surface area contributed by atoms with Gasteiger partial charge in [-0.25, -0.2) is 4.99 Å². The van der Waals surface area contributed by atoms with E-state index in [1.54, 1.807) is 36.4 Å². The third-order valence-corrected chi connectivity index (χ3v) is 5.28. The van der Waals surface area contributed by atoms with Gasteiger partial charge in [0.15, 0.2) is 0 Å². The quantitative estimate of drug-likeness (QED) is 0.641. The van der Waals surface area contributed by atoms with Gasteiger partial charge in [0.2, 0.25) is 28.6 Å². The highest BCUT2D eigenvalue weighted by atomic mass is 32.1. The Kier molecular flexibility index (Phi) is 4.20. The molecule has 140 valence electrons. The number of hydrogen-bond acceptors (Lipinski definition) is 7. The van der Waals surface area contributed by atoms with Gasteiger partial charge in [0.1, 0.15) is 10.6 Å². The van der Waals surface area contributed by atoms with E-state index in [-0.39, 0.29) is 39.2 Å². The van der Waals surface area contributed by atoms with Crippen LogP contribution in [-0.4, -0.2) is 37.2 Å². The number of fused-ring (bicyclic) bond motifs is 1. The third-order valence-electron chi connectivity index (χ3n) is 4.32. The van der Waals surface area contributed by atoms with Crippen molar-refractivity contribution < 1.29 is 19.8 Å². The van der Waals surface area contributed by atoms with E-state index in [2.05, 4.69) is 9.98 Å². The SMILES string of the molecule is CC(=O)n1c(O)c(-c2sc(/N=C3/C=C(C)C=CC3=O)nc2O)c2ccccc21. The van der Waals surface area contributed by atoms with Gasteiger partial charge < -0.3 is 10.2 Å². The first kappa shape index (κ1) is 17.9. The normalized spacial score (nSPS) is 15.4. The van der Waals surface area contributed by atoms with Crippen molar-refractivity contribution in [3.63, 3.8) is 0 Å². The number of rotatable bonds is 2. The number of hydrogen-bond donors (Lipinski definition) is 2. The van der Waals surface area contributed by atoms with Crippen LogP contribution in [0.25, 0.3) is 21.3 Å². The summed E-state index contributed by atoms with van der Waals surface area (Å²) in [6, 6.07) is 6.98. The van der Waals surface area contributed by atoms with Crippen LogP contribution in [0.15, 0.2) is 53.1 Å². The van der Waals surface area contributed by atoms with Crippen molar-refractivity contribution in [3.8, 4) is 22.2 Å². The predicted molar refractivity (Wildman–Crippen MR) is 108 cm³/mol. The Bertz CT molecular complexity index is 1240. The van der Waals surface area contributed by atoms with Gasteiger partial charge in [0.25, 0.3) is 0 Å². The molecule has 8 heteroatoms. The molecule has 0 saturated heterocycles. The van der Waals surface area contributed by atoms with Gasteiger partial charge in [-0.1, -0.05) is 35.6 Å². The molecule has 0 spiro atoms. The molecule has 0 unspecified atom stereocenters. The van der Waals surface area contributed by atoms with E-state index in [1.807, 2.05) is 6.92 Å². The fourth-order valence-electron chi connectivity index (χ4n) is 3.10. The molecule has 0 amide bonds. The van der Waals surface area contributed by atoms with Crippen molar-refractivity contribution in [2.24, 2.45) is 4.99 Å². The smallest absolute Gasteiger partial charge is 0.232 e. The first-order valence-electron chi connectivity index (χ1n) is 8.39. The second-order valence-corrected chi connectivity index (χ2v) is 7.28. The summed E-state index contributed by atoms with van der Waals surface area (Å²) in [5, 5.41) is 21.8. The molecule has 0 bridgehead atoms. The number of aromatic nitrogens is 2. The predicted octanol–water partition coefficient (Wildman–Crippen LogP) is 3.99. The number of allylic oxidation sites excluding steroid dienone is 4. The van der Waals surface area contributed by atoms with E-state index in [4.69, 9.17) is 0 Å². The number of benzene rings is 1. The van der Waals surface area contributed by atoms with E-state index >= 15 is 0 Å². The molecule has 1 aromatic carbocycles. The summed E-state index contributed by atoms with van der Waals surface area (Å²) in [5.74, 6) is -1.22. The molecule has 0 radical (unpaired) electrons. The molecule has 1 aliphatic rings. The summed E-state index contributed by atoms with van der Waals surface area (Å²) in [6.45, 7) is 3.19. The number of aromatic hydroxyl groups is 2. The van der Waals surface area contributed by atoms with E-state index in [0.29, 0.717) is 16.5 Å². The lowest BCUT2D eigenvalue weighted by molar-refractivity contribution is -0.108. The second-order valence-electron chi connectivity index (χ2n) is 6.30. The molecule has 28 heavy (non-hydrogen) atoms. The van der Waals surface area contributed by atoms with E-state index in [1.165, 1.54) is 17.6 Å². The number of carbonyl (C=O) groups excluding carboxylic acids is 2. The maximum absolute atomic E-state index is 12.0. The molecule has 0 aliphatic heterocycles. The van der Waals surface area contributed by atoms with Crippen molar-refractivity contribution in [1.82, 2.24) is 9.55 Å². The molecule has 1 aliphatic carbocycles. The van der Waals surface area contributed by atoms with E-state index < -0.39 is 0 Å². The summed E-state index contributed by atoms with van der Waals surface area (Å²) in [5.41, 5.74) is 1.92. The Hall–Kier alpha value is -3.52. The monoisotopic (exact) mass is 393 g/mol. The van der Waals surface area contributed by atoms with Gasteiger partial charge in [0.05, 0.1) is 11.1 Å². The molecule has 3 aromatic rings. The van der Waals surface area contributed by atoms with Crippen LogP contribution in [0.2, 0.25) is 0 Å². The molecule has 2 aromatic heterocycles. The zero-order valence-corrected chi connectivity index (χ0v) is 15.8. The summed E-state index contributed by atoms with van der Waals surface area (Å²) < 4.78 is 1.18. The summed E-state index contributed by atoms with van der Waals surface area (Å²) >= 11 is 1.02. The second kappa shape index (κ2) is 6.58. The zero-order valence-electron chi connectivity index (χ0n) is 15.0. The maximum atomic E-state index is 12.0. The number of para-hydroxylation sites is 1. The molecule has 7 nitrogen and oxygen atoms in total. The maximum Gasteiger partial charge on any atom is 0.232 e. The highest BCUT2D eigenvalue weighted by Crippen LogP contribution is 2.47. The van der Waals surface area contributed by atoms with Crippen molar-refractivity contribution >= 4 is 44.8 Å². The minimum absolute atomic E-state index is 0.175. The van der Waals surface area contributed by atoms with Gasteiger partial charge in [0, 0.05) is 12.3 Å². The topological polar surface area (TPSA) is 105 Å². The van der Waals surface area contributed by atoms with Crippen molar-refractivity contribution in [3.05, 3.63) is 48.1 Å². The lowest BCUT2D eigenvalue weighted by Crippen LogP contribution is -2.11. The molecular weight excluding hydrogens is 378 g/mol. The molecule has 0 fully saturated rings. The van der Waals surface area contributed by atoms with Gasteiger partial charge in [-0.2, -0.15) is 4.98 Å². The van der Waals surface area contributed by atoms with Crippen LogP contribution >= 0.6 is 11.3 Å². The number of nitrogens with zero attached hydrogens (tertiary/aromatic N) is 3. The molecule has 0 saturated carbocycles. The molecule has 0 atom stereocenters. The molecular formula is C20H15N3O4S. The van der Waals surface area contributed by atoms with Crippen LogP contribution in [0.3, 0.4) is 0 Å². The van der Waals surface area contributed by atoms with Gasteiger partial charge in [-0.3, -0.25) is 14.2 Å². The number of thiazole rings is 1. The Morgan fingerprint density at radius 3 is 2.71 bits per heavy atom. The van der Waals surface area contributed by atoms with Crippen LogP contribution in [0, 0.1) is 0 Å². The van der Waals surface area contributed by atoms with Crippen molar-refractivity contribution in [2.45, 2.75) is 13.8 Å².